The number of rotatable bonds is 7. The van der Waals surface area contributed by atoms with Crippen molar-refractivity contribution in [2.45, 2.75) is 12.6 Å². The topological polar surface area (TPSA) is 37.2 Å². The van der Waals surface area contributed by atoms with Crippen LogP contribution in [0.1, 0.15) is 0 Å². The lowest BCUT2D eigenvalue weighted by atomic mass is 9.97. The van der Waals surface area contributed by atoms with Crippen molar-refractivity contribution in [2.75, 3.05) is 11.9 Å². The van der Waals surface area contributed by atoms with Gasteiger partial charge in [-0.3, -0.25) is 0 Å². The summed E-state index contributed by atoms with van der Waals surface area (Å²) in [5.41, 5.74) is 6.81. The van der Waals surface area contributed by atoms with Crippen molar-refractivity contribution in [2.24, 2.45) is 0 Å². The van der Waals surface area contributed by atoms with Gasteiger partial charge >= 0.3 is 0 Å². The summed E-state index contributed by atoms with van der Waals surface area (Å²) in [5, 5.41) is 18.2. The fourth-order valence-corrected chi connectivity index (χ4v) is 5.16. The molecule has 0 fully saturated rings. The average Bonchev–Trinajstić information content (AvgIpc) is 3.27. The largest absolute Gasteiger partial charge is 0.389 e. The van der Waals surface area contributed by atoms with Crippen molar-refractivity contribution < 1.29 is 5.11 Å². The van der Waals surface area contributed by atoms with Gasteiger partial charge in [-0.1, -0.05) is 115 Å². The van der Waals surface area contributed by atoms with Crippen molar-refractivity contribution in [1.82, 2.24) is 4.57 Å². The Labute approximate surface area is 211 Å². The molecule has 176 valence electrons. The van der Waals surface area contributed by atoms with Crippen molar-refractivity contribution in [1.29, 1.82) is 0 Å². The highest BCUT2D eigenvalue weighted by molar-refractivity contribution is 6.15. The van der Waals surface area contributed by atoms with Gasteiger partial charge in [0.25, 0.3) is 0 Å². The summed E-state index contributed by atoms with van der Waals surface area (Å²) in [7, 11) is 0. The number of aliphatic hydroxyl groups is 1. The van der Waals surface area contributed by atoms with Gasteiger partial charge in [0.1, 0.15) is 0 Å². The van der Waals surface area contributed by atoms with Crippen LogP contribution >= 0.6 is 0 Å². The fourth-order valence-electron chi connectivity index (χ4n) is 5.16. The van der Waals surface area contributed by atoms with Gasteiger partial charge in [0.05, 0.1) is 23.9 Å². The van der Waals surface area contributed by atoms with Crippen molar-refractivity contribution in [3.63, 3.8) is 0 Å². The normalized spacial score (nSPS) is 12.1. The van der Waals surface area contributed by atoms with Gasteiger partial charge in [-0.05, 0) is 28.6 Å². The molecule has 0 aliphatic heterocycles. The monoisotopic (exact) mass is 468 g/mol. The molecular weight excluding hydrogens is 440 g/mol. The van der Waals surface area contributed by atoms with Gasteiger partial charge in [-0.15, -0.1) is 0 Å². The molecule has 0 aliphatic rings. The van der Waals surface area contributed by atoms with E-state index in [-0.39, 0.29) is 0 Å². The molecule has 3 nitrogen and oxygen atoms in total. The Bertz CT molecular complexity index is 1610. The van der Waals surface area contributed by atoms with Crippen molar-refractivity contribution in [3.05, 3.63) is 127 Å². The summed E-state index contributed by atoms with van der Waals surface area (Å²) in [6.45, 7) is 0.935. The molecule has 0 amide bonds. The van der Waals surface area contributed by atoms with E-state index in [1.165, 1.54) is 27.3 Å². The SMILES string of the molecule is O[C@@H](CNc1ccccc1)Cn1c(-c2ccccc2)c(-c2ccccc2)c2ccc3ccccc3c21. The Morgan fingerprint density at radius 1 is 0.611 bits per heavy atom. The second-order valence-corrected chi connectivity index (χ2v) is 9.15. The lowest BCUT2D eigenvalue weighted by molar-refractivity contribution is 0.169. The molecule has 0 aliphatic carbocycles. The molecule has 1 heterocycles. The Morgan fingerprint density at radius 2 is 1.22 bits per heavy atom. The highest BCUT2D eigenvalue weighted by Crippen LogP contribution is 2.43. The van der Waals surface area contributed by atoms with Gasteiger partial charge in [0.2, 0.25) is 0 Å². The number of benzene rings is 5. The summed E-state index contributed by atoms with van der Waals surface area (Å²) in [5.74, 6) is 0. The molecule has 0 unspecified atom stereocenters. The predicted molar refractivity (Wildman–Crippen MR) is 151 cm³/mol. The molecular formula is C33H28N2O. The van der Waals surface area contributed by atoms with E-state index in [1.807, 2.05) is 36.4 Å². The number of aromatic nitrogens is 1. The van der Waals surface area contributed by atoms with Crippen LogP contribution in [0.4, 0.5) is 5.69 Å². The molecule has 2 N–H and O–H groups in total. The lowest BCUT2D eigenvalue weighted by Gasteiger charge is -2.18. The zero-order valence-corrected chi connectivity index (χ0v) is 20.0. The quantitative estimate of drug-likeness (QED) is 0.253. The number of hydrogen-bond donors (Lipinski definition) is 2. The van der Waals surface area contributed by atoms with E-state index in [9.17, 15) is 5.11 Å². The zero-order valence-electron chi connectivity index (χ0n) is 20.0. The second-order valence-electron chi connectivity index (χ2n) is 9.15. The number of fused-ring (bicyclic) bond motifs is 3. The Balaban J connectivity index is 1.57. The van der Waals surface area contributed by atoms with Crippen molar-refractivity contribution in [3.8, 4) is 22.4 Å². The van der Waals surface area contributed by atoms with Crippen LogP contribution in [0.3, 0.4) is 0 Å². The molecule has 0 spiro atoms. The van der Waals surface area contributed by atoms with Crippen LogP contribution in [-0.4, -0.2) is 22.3 Å². The van der Waals surface area contributed by atoms with Gasteiger partial charge in [-0.25, -0.2) is 0 Å². The van der Waals surface area contributed by atoms with Crippen LogP contribution in [0.5, 0.6) is 0 Å². The molecule has 0 saturated carbocycles. The van der Waals surface area contributed by atoms with Crippen LogP contribution in [0.25, 0.3) is 44.1 Å². The van der Waals surface area contributed by atoms with Crippen LogP contribution < -0.4 is 5.32 Å². The maximum Gasteiger partial charge on any atom is 0.0891 e. The Hall–Kier alpha value is -4.34. The number of hydrogen-bond acceptors (Lipinski definition) is 2. The highest BCUT2D eigenvalue weighted by atomic mass is 16.3. The fraction of sp³-hybridized carbons (Fsp3) is 0.0909. The van der Waals surface area contributed by atoms with Gasteiger partial charge in [0.15, 0.2) is 0 Å². The minimum Gasteiger partial charge on any atom is -0.389 e. The second kappa shape index (κ2) is 9.73. The van der Waals surface area contributed by atoms with Gasteiger partial charge in [-0.2, -0.15) is 0 Å². The van der Waals surface area contributed by atoms with E-state index in [4.69, 9.17) is 0 Å². The molecule has 1 atom stereocenters. The lowest BCUT2D eigenvalue weighted by Crippen LogP contribution is -2.25. The van der Waals surface area contributed by atoms with Crippen LogP contribution in [-0.2, 0) is 6.54 Å². The number of para-hydroxylation sites is 1. The first-order chi connectivity index (χ1) is 17.8. The maximum atomic E-state index is 11.3. The first kappa shape index (κ1) is 22.1. The summed E-state index contributed by atoms with van der Waals surface area (Å²) in [6, 6.07) is 44.1. The molecule has 3 heteroatoms. The smallest absolute Gasteiger partial charge is 0.0891 e. The molecule has 36 heavy (non-hydrogen) atoms. The summed E-state index contributed by atoms with van der Waals surface area (Å²) >= 11 is 0. The standard InChI is InChI=1S/C33H28N2O/c36-28(22-34-27-17-8-3-9-18-27)23-35-32(26-15-6-2-7-16-26)31(25-13-4-1-5-14-25)30-21-20-24-12-10-11-19-29(24)33(30)35/h1-21,28,34,36H,22-23H2/t28-/m0/s1. The van der Waals surface area contributed by atoms with Crippen LogP contribution in [0.15, 0.2) is 127 Å². The first-order valence-electron chi connectivity index (χ1n) is 12.4. The van der Waals surface area contributed by atoms with E-state index in [0.29, 0.717) is 13.1 Å². The summed E-state index contributed by atoms with van der Waals surface area (Å²) in [6.07, 6.45) is -0.578. The molecule has 1 aromatic heterocycles. The Morgan fingerprint density at radius 3 is 1.94 bits per heavy atom. The van der Waals surface area contributed by atoms with Gasteiger partial charge in [0, 0.05) is 28.6 Å². The van der Waals surface area contributed by atoms with Crippen LogP contribution in [0.2, 0.25) is 0 Å². The number of aliphatic hydroxyl groups excluding tert-OH is 1. The van der Waals surface area contributed by atoms with E-state index >= 15 is 0 Å². The van der Waals surface area contributed by atoms with Crippen molar-refractivity contribution >= 4 is 27.4 Å². The highest BCUT2D eigenvalue weighted by Gasteiger charge is 2.23. The molecule has 0 bridgehead atoms. The third-order valence-corrected chi connectivity index (χ3v) is 6.77. The maximum absolute atomic E-state index is 11.3. The summed E-state index contributed by atoms with van der Waals surface area (Å²) in [4.78, 5) is 0. The third kappa shape index (κ3) is 4.15. The van der Waals surface area contributed by atoms with Gasteiger partial charge < -0.3 is 15.0 Å². The first-order valence-corrected chi connectivity index (χ1v) is 12.4. The molecule has 6 rings (SSSR count). The number of anilines is 1. The van der Waals surface area contributed by atoms with E-state index in [0.717, 1.165) is 22.5 Å². The molecule has 0 saturated heterocycles. The van der Waals surface area contributed by atoms with E-state index in [1.54, 1.807) is 0 Å². The zero-order chi connectivity index (χ0) is 24.3. The molecule has 6 aromatic rings. The Kier molecular flexibility index (Phi) is 5.98. The van der Waals surface area contributed by atoms with Crippen LogP contribution in [0, 0.1) is 0 Å². The third-order valence-electron chi connectivity index (χ3n) is 6.77. The van der Waals surface area contributed by atoms with E-state index < -0.39 is 6.10 Å². The minimum atomic E-state index is -0.578. The summed E-state index contributed by atoms with van der Waals surface area (Å²) < 4.78 is 2.33. The molecule has 0 radical (unpaired) electrons. The van der Waals surface area contributed by atoms with E-state index in [2.05, 4.69) is 101 Å². The predicted octanol–water partition coefficient (Wildman–Crippen LogP) is 7.60. The average molecular weight is 469 g/mol. The minimum absolute atomic E-state index is 0.462. The number of nitrogens with one attached hydrogen (secondary N) is 1. The number of nitrogens with zero attached hydrogens (tertiary/aromatic N) is 1. The molecule has 5 aromatic carbocycles.